The number of thiophene rings is 1. The highest BCUT2D eigenvalue weighted by atomic mass is 32.2. The second-order valence-corrected chi connectivity index (χ2v) is 10.4. The van der Waals surface area contributed by atoms with Crippen molar-refractivity contribution in [3.05, 3.63) is 53.5 Å². The Labute approximate surface area is 161 Å². The van der Waals surface area contributed by atoms with Gasteiger partial charge in [-0.15, -0.1) is 11.3 Å². The average molecular weight is 402 g/mol. The first-order valence-corrected chi connectivity index (χ1v) is 11.3. The lowest BCUT2D eigenvalue weighted by Gasteiger charge is -2.34. The van der Waals surface area contributed by atoms with Crippen LogP contribution in [0.1, 0.15) is 30.6 Å². The number of aliphatic carboxylic acids is 1. The molecule has 1 aliphatic heterocycles. The third-order valence-corrected chi connectivity index (χ3v) is 9.26. The third kappa shape index (κ3) is 3.15. The van der Waals surface area contributed by atoms with Crippen LogP contribution in [0.15, 0.2) is 48.7 Å². The highest BCUT2D eigenvalue weighted by Gasteiger charge is 2.49. The molecule has 0 unspecified atom stereocenters. The molecule has 27 heavy (non-hydrogen) atoms. The number of nitrogens with zero attached hydrogens (tertiary/aromatic N) is 1. The van der Waals surface area contributed by atoms with Crippen molar-refractivity contribution in [1.29, 1.82) is 0 Å². The van der Waals surface area contributed by atoms with Crippen molar-refractivity contribution in [3.8, 4) is 10.4 Å². The summed E-state index contributed by atoms with van der Waals surface area (Å²) in [5.41, 5.74) is 1.80. The van der Waals surface area contributed by atoms with E-state index in [1.54, 1.807) is 12.3 Å². The number of hydrogen-bond acceptors (Lipinski definition) is 5. The number of aromatic nitrogens is 1. The second kappa shape index (κ2) is 6.73. The summed E-state index contributed by atoms with van der Waals surface area (Å²) in [6.45, 7) is 0. The van der Waals surface area contributed by atoms with E-state index in [-0.39, 0.29) is 12.2 Å². The largest absolute Gasteiger partial charge is 0.481 e. The highest BCUT2D eigenvalue weighted by Crippen LogP contribution is 2.47. The molecular weight excluding hydrogens is 382 g/mol. The smallest absolute Gasteiger partial charge is 0.305 e. The van der Waals surface area contributed by atoms with Crippen LogP contribution in [-0.2, 0) is 19.4 Å². The number of hydrogen-bond donors (Lipinski definition) is 1. The molecular formula is C20H19NO4S2. The van der Waals surface area contributed by atoms with Crippen LogP contribution in [0.25, 0.3) is 21.3 Å². The van der Waals surface area contributed by atoms with E-state index in [4.69, 9.17) is 0 Å². The molecule has 0 amide bonds. The van der Waals surface area contributed by atoms with Gasteiger partial charge in [0.15, 0.2) is 9.84 Å². The number of benzene rings is 1. The van der Waals surface area contributed by atoms with E-state index in [1.807, 2.05) is 36.4 Å². The topological polar surface area (TPSA) is 84.3 Å². The van der Waals surface area contributed by atoms with Crippen molar-refractivity contribution in [2.24, 2.45) is 0 Å². The van der Waals surface area contributed by atoms with E-state index in [0.717, 1.165) is 27.8 Å². The molecule has 1 aromatic carbocycles. The van der Waals surface area contributed by atoms with Crippen molar-refractivity contribution in [3.63, 3.8) is 0 Å². The number of carbonyl (C=O) groups is 1. The lowest BCUT2D eigenvalue weighted by Crippen LogP contribution is -2.41. The van der Waals surface area contributed by atoms with Gasteiger partial charge in [-0.3, -0.25) is 9.78 Å². The van der Waals surface area contributed by atoms with Gasteiger partial charge in [0.25, 0.3) is 0 Å². The third-order valence-electron chi connectivity index (χ3n) is 5.21. The van der Waals surface area contributed by atoms with E-state index in [2.05, 4.69) is 4.98 Å². The minimum Gasteiger partial charge on any atom is -0.481 e. The van der Waals surface area contributed by atoms with Crippen LogP contribution in [0, 0.1) is 0 Å². The number of carboxylic acids is 1. The predicted molar refractivity (Wildman–Crippen MR) is 107 cm³/mol. The Kier molecular flexibility index (Phi) is 4.52. The van der Waals surface area contributed by atoms with Crippen LogP contribution in [0.4, 0.5) is 0 Å². The van der Waals surface area contributed by atoms with Crippen molar-refractivity contribution < 1.29 is 18.3 Å². The van der Waals surface area contributed by atoms with Gasteiger partial charge in [-0.25, -0.2) is 8.42 Å². The number of para-hydroxylation sites is 1. The fourth-order valence-corrected chi connectivity index (χ4v) is 7.56. The second-order valence-electron chi connectivity index (χ2n) is 6.92. The molecule has 1 atom stereocenters. The number of fused-ring (bicyclic) bond motifs is 1. The molecule has 5 nitrogen and oxygen atoms in total. The van der Waals surface area contributed by atoms with Gasteiger partial charge >= 0.3 is 5.97 Å². The highest BCUT2D eigenvalue weighted by molar-refractivity contribution is 7.92. The molecule has 1 saturated heterocycles. The van der Waals surface area contributed by atoms with Crippen molar-refractivity contribution in [2.45, 2.75) is 30.4 Å². The number of carboxylic acid groups (broad SMARTS) is 1. The lowest BCUT2D eigenvalue weighted by molar-refractivity contribution is -0.137. The van der Waals surface area contributed by atoms with E-state index in [0.29, 0.717) is 17.7 Å². The van der Waals surface area contributed by atoms with Crippen molar-refractivity contribution in [2.75, 3.05) is 5.75 Å². The molecule has 1 N–H and O–H groups in total. The lowest BCUT2D eigenvalue weighted by atomic mass is 9.95. The van der Waals surface area contributed by atoms with Gasteiger partial charge in [-0.2, -0.15) is 0 Å². The molecule has 140 valence electrons. The Morgan fingerprint density at radius 2 is 2.00 bits per heavy atom. The quantitative estimate of drug-likeness (QED) is 0.707. The summed E-state index contributed by atoms with van der Waals surface area (Å²) in [6, 6.07) is 13.5. The fourth-order valence-electron chi connectivity index (χ4n) is 3.80. The summed E-state index contributed by atoms with van der Waals surface area (Å²) in [6.07, 6.45) is 3.06. The zero-order chi connectivity index (χ0) is 19.1. The van der Waals surface area contributed by atoms with Gasteiger partial charge in [-0.05, 0) is 37.1 Å². The van der Waals surface area contributed by atoms with Gasteiger partial charge in [-0.1, -0.05) is 24.6 Å². The molecule has 0 radical (unpaired) electrons. The molecule has 7 heteroatoms. The SMILES string of the molecule is O=C(O)C[C@]1(c2ccc(-c3cnc4ccccc4c3)s2)CCCCS1(=O)=O. The Balaban J connectivity index is 1.80. The van der Waals surface area contributed by atoms with Crippen molar-refractivity contribution >= 4 is 38.0 Å². The van der Waals surface area contributed by atoms with Crippen LogP contribution < -0.4 is 0 Å². The van der Waals surface area contributed by atoms with E-state index < -0.39 is 20.6 Å². The summed E-state index contributed by atoms with van der Waals surface area (Å²) in [4.78, 5) is 17.5. The van der Waals surface area contributed by atoms with Gasteiger partial charge < -0.3 is 5.11 Å². The molecule has 4 rings (SSSR count). The number of sulfone groups is 1. The maximum absolute atomic E-state index is 12.9. The maximum Gasteiger partial charge on any atom is 0.305 e. The van der Waals surface area contributed by atoms with E-state index in [1.165, 1.54) is 11.3 Å². The molecule has 0 spiro atoms. The van der Waals surface area contributed by atoms with Gasteiger partial charge in [0, 0.05) is 26.9 Å². The van der Waals surface area contributed by atoms with Gasteiger partial charge in [0.05, 0.1) is 17.7 Å². The molecule has 0 aliphatic carbocycles. The van der Waals surface area contributed by atoms with Crippen molar-refractivity contribution in [1.82, 2.24) is 4.98 Å². The number of pyridine rings is 1. The zero-order valence-electron chi connectivity index (χ0n) is 14.6. The molecule has 2 aromatic heterocycles. The zero-order valence-corrected chi connectivity index (χ0v) is 16.2. The predicted octanol–water partition coefficient (Wildman–Crippen LogP) is 4.23. The van der Waals surface area contributed by atoms with Gasteiger partial charge in [0.2, 0.25) is 0 Å². The van der Waals surface area contributed by atoms with E-state index >= 15 is 0 Å². The van der Waals surface area contributed by atoms with Crippen LogP contribution in [0.3, 0.4) is 0 Å². The van der Waals surface area contributed by atoms with Crippen LogP contribution in [-0.4, -0.2) is 30.2 Å². The summed E-state index contributed by atoms with van der Waals surface area (Å²) in [5.74, 6) is -1.03. The maximum atomic E-state index is 12.9. The van der Waals surface area contributed by atoms with Gasteiger partial charge in [0.1, 0.15) is 4.75 Å². The monoisotopic (exact) mass is 401 g/mol. The fraction of sp³-hybridized carbons (Fsp3) is 0.300. The first-order chi connectivity index (χ1) is 12.9. The average Bonchev–Trinajstić information content (AvgIpc) is 3.13. The van der Waals surface area contributed by atoms with Crippen LogP contribution >= 0.6 is 11.3 Å². The molecule has 3 heterocycles. The normalized spacial score (nSPS) is 21.9. The first kappa shape index (κ1) is 18.1. The molecule has 0 saturated carbocycles. The Morgan fingerprint density at radius 1 is 1.19 bits per heavy atom. The molecule has 1 fully saturated rings. The van der Waals surface area contributed by atoms with Crippen LogP contribution in [0.2, 0.25) is 0 Å². The summed E-state index contributed by atoms with van der Waals surface area (Å²) in [5, 5.41) is 10.4. The minimum atomic E-state index is -3.52. The summed E-state index contributed by atoms with van der Waals surface area (Å²) < 4.78 is 24.5. The molecule has 1 aliphatic rings. The molecule has 3 aromatic rings. The Bertz CT molecular complexity index is 1120. The molecule has 0 bridgehead atoms. The first-order valence-electron chi connectivity index (χ1n) is 8.81. The van der Waals surface area contributed by atoms with Crippen LogP contribution in [0.5, 0.6) is 0 Å². The standard InChI is InChI=1S/C20H19NO4S2/c22-19(23)12-20(9-3-4-10-27(20,24)25)18-8-7-17(26-18)15-11-14-5-1-2-6-16(14)21-13-15/h1-2,5-8,11,13H,3-4,9-10,12H2,(H,22,23)/t20-/m0/s1. The summed E-state index contributed by atoms with van der Waals surface area (Å²) >= 11 is 1.36. The minimum absolute atomic E-state index is 0.0467. The Hall–Kier alpha value is -2.25. The number of rotatable bonds is 4. The van der Waals surface area contributed by atoms with E-state index in [9.17, 15) is 18.3 Å². The summed E-state index contributed by atoms with van der Waals surface area (Å²) in [7, 11) is -3.52. The Morgan fingerprint density at radius 3 is 2.78 bits per heavy atom.